The maximum Gasteiger partial charge on any atom is 0.0667 e. The number of hydrogen-bond acceptors (Lipinski definition) is 3. The maximum atomic E-state index is 9.48. The minimum atomic E-state index is -0.0634. The van der Waals surface area contributed by atoms with Crippen molar-refractivity contribution in [2.24, 2.45) is 5.92 Å². The van der Waals surface area contributed by atoms with E-state index in [-0.39, 0.29) is 6.10 Å². The van der Waals surface area contributed by atoms with E-state index in [9.17, 15) is 5.11 Å². The number of aliphatic hydroxyl groups is 1. The van der Waals surface area contributed by atoms with Crippen LogP contribution in [0, 0.1) is 5.92 Å². The summed E-state index contributed by atoms with van der Waals surface area (Å²) < 4.78 is 0. The van der Waals surface area contributed by atoms with Gasteiger partial charge in [0.1, 0.15) is 0 Å². The summed E-state index contributed by atoms with van der Waals surface area (Å²) >= 11 is 0. The molecule has 0 radical (unpaired) electrons. The molecule has 0 aliphatic carbocycles. The van der Waals surface area contributed by atoms with Gasteiger partial charge < -0.3 is 14.9 Å². The van der Waals surface area contributed by atoms with Gasteiger partial charge in [0.2, 0.25) is 0 Å². The molecule has 0 aromatic heterocycles. The van der Waals surface area contributed by atoms with E-state index < -0.39 is 0 Å². The monoisotopic (exact) mass is 184 g/mol. The van der Waals surface area contributed by atoms with E-state index in [2.05, 4.69) is 16.8 Å². The summed E-state index contributed by atoms with van der Waals surface area (Å²) in [5, 5.41) is 9.48. The molecule has 2 aliphatic heterocycles. The zero-order chi connectivity index (χ0) is 9.26. The Hall–Kier alpha value is -0.120. The van der Waals surface area contributed by atoms with Crippen molar-refractivity contribution in [1.82, 2.24) is 9.80 Å². The number of hydrogen-bond donors (Lipinski definition) is 1. The molecule has 1 atom stereocenters. The van der Waals surface area contributed by atoms with E-state index in [1.54, 1.807) is 0 Å². The van der Waals surface area contributed by atoms with Crippen LogP contribution in [0.5, 0.6) is 0 Å². The van der Waals surface area contributed by atoms with Crippen molar-refractivity contribution in [1.29, 1.82) is 0 Å². The standard InChI is InChI=1S/C10H20N2O/c1-11-5-9(6-11)7-12-4-2-3-10(13)8-12/h9-10,13H,2-8H2,1H3/t10-/m0/s1. The van der Waals surface area contributed by atoms with Crippen molar-refractivity contribution in [2.75, 3.05) is 39.8 Å². The minimum Gasteiger partial charge on any atom is -0.392 e. The molecule has 0 unspecified atom stereocenters. The van der Waals surface area contributed by atoms with Crippen LogP contribution in [0.15, 0.2) is 0 Å². The molecule has 13 heavy (non-hydrogen) atoms. The van der Waals surface area contributed by atoms with Gasteiger partial charge in [-0.05, 0) is 32.4 Å². The first-order chi connectivity index (χ1) is 6.24. The van der Waals surface area contributed by atoms with Crippen LogP contribution in [0.4, 0.5) is 0 Å². The van der Waals surface area contributed by atoms with Gasteiger partial charge in [0.05, 0.1) is 6.10 Å². The first-order valence-corrected chi connectivity index (χ1v) is 5.33. The second-order valence-corrected chi connectivity index (χ2v) is 4.64. The summed E-state index contributed by atoms with van der Waals surface area (Å²) in [6, 6.07) is 0. The van der Waals surface area contributed by atoms with Crippen molar-refractivity contribution < 1.29 is 5.11 Å². The molecule has 76 valence electrons. The molecule has 0 amide bonds. The molecule has 2 heterocycles. The van der Waals surface area contributed by atoms with E-state index in [0.717, 1.165) is 18.9 Å². The Kier molecular flexibility index (Phi) is 2.86. The molecular weight excluding hydrogens is 164 g/mol. The van der Waals surface area contributed by atoms with E-state index in [4.69, 9.17) is 0 Å². The predicted octanol–water partition coefficient (Wildman–Crippen LogP) is 0.00470. The lowest BCUT2D eigenvalue weighted by atomic mass is 9.99. The molecule has 0 aromatic carbocycles. The molecular formula is C10H20N2O. The molecule has 0 saturated carbocycles. The fourth-order valence-corrected chi connectivity index (χ4v) is 2.51. The molecule has 2 saturated heterocycles. The predicted molar refractivity (Wildman–Crippen MR) is 52.7 cm³/mol. The van der Waals surface area contributed by atoms with Gasteiger partial charge >= 0.3 is 0 Å². The van der Waals surface area contributed by atoms with Crippen molar-refractivity contribution in [3.05, 3.63) is 0 Å². The Bertz CT molecular complexity index is 168. The van der Waals surface area contributed by atoms with E-state index >= 15 is 0 Å². The zero-order valence-corrected chi connectivity index (χ0v) is 8.45. The zero-order valence-electron chi connectivity index (χ0n) is 8.45. The van der Waals surface area contributed by atoms with Gasteiger partial charge in [-0.25, -0.2) is 0 Å². The quantitative estimate of drug-likeness (QED) is 0.654. The summed E-state index contributed by atoms with van der Waals surface area (Å²) in [6.45, 7) is 5.78. The normalized spacial score (nSPS) is 33.2. The number of β-amino-alcohol motifs (C(OH)–C–C–N with tert-alkyl or cyclic N) is 1. The van der Waals surface area contributed by atoms with Gasteiger partial charge in [-0.3, -0.25) is 0 Å². The number of piperidine rings is 1. The molecule has 2 fully saturated rings. The van der Waals surface area contributed by atoms with E-state index in [1.165, 1.54) is 32.6 Å². The number of nitrogens with zero attached hydrogens (tertiary/aromatic N) is 2. The van der Waals surface area contributed by atoms with Gasteiger partial charge in [-0.1, -0.05) is 0 Å². The number of aliphatic hydroxyl groups excluding tert-OH is 1. The third-order valence-electron chi connectivity index (χ3n) is 3.14. The Morgan fingerprint density at radius 2 is 2.08 bits per heavy atom. The third-order valence-corrected chi connectivity index (χ3v) is 3.14. The summed E-state index contributed by atoms with van der Waals surface area (Å²) in [7, 11) is 2.17. The Morgan fingerprint density at radius 1 is 1.31 bits per heavy atom. The third kappa shape index (κ3) is 2.42. The highest BCUT2D eigenvalue weighted by Crippen LogP contribution is 2.17. The lowest BCUT2D eigenvalue weighted by Gasteiger charge is -2.41. The van der Waals surface area contributed by atoms with Gasteiger partial charge in [0.25, 0.3) is 0 Å². The van der Waals surface area contributed by atoms with Crippen LogP contribution in [0.25, 0.3) is 0 Å². The summed E-state index contributed by atoms with van der Waals surface area (Å²) in [4.78, 5) is 4.77. The van der Waals surface area contributed by atoms with Crippen molar-refractivity contribution >= 4 is 0 Å². The van der Waals surface area contributed by atoms with E-state index in [1.807, 2.05) is 0 Å². The molecule has 2 aliphatic rings. The molecule has 3 heteroatoms. The molecule has 0 spiro atoms. The molecule has 0 aromatic rings. The lowest BCUT2D eigenvalue weighted by molar-refractivity contribution is 0.0343. The van der Waals surface area contributed by atoms with Crippen LogP contribution in [0.2, 0.25) is 0 Å². The minimum absolute atomic E-state index is 0.0634. The molecule has 2 rings (SSSR count). The van der Waals surface area contributed by atoms with Crippen LogP contribution < -0.4 is 0 Å². The Balaban J connectivity index is 1.69. The molecule has 1 N–H and O–H groups in total. The van der Waals surface area contributed by atoms with Crippen molar-refractivity contribution in [2.45, 2.75) is 18.9 Å². The highest BCUT2D eigenvalue weighted by molar-refractivity contribution is 4.82. The number of likely N-dealkylation sites (tertiary alicyclic amines) is 2. The highest BCUT2D eigenvalue weighted by atomic mass is 16.3. The maximum absolute atomic E-state index is 9.48. The summed E-state index contributed by atoms with van der Waals surface area (Å²) in [6.07, 6.45) is 2.11. The van der Waals surface area contributed by atoms with Crippen LogP contribution in [0.1, 0.15) is 12.8 Å². The van der Waals surface area contributed by atoms with Crippen molar-refractivity contribution in [3.63, 3.8) is 0 Å². The van der Waals surface area contributed by atoms with Gasteiger partial charge in [-0.15, -0.1) is 0 Å². The van der Waals surface area contributed by atoms with Gasteiger partial charge in [0.15, 0.2) is 0 Å². The van der Waals surface area contributed by atoms with Crippen LogP contribution >= 0.6 is 0 Å². The largest absolute Gasteiger partial charge is 0.392 e. The second-order valence-electron chi connectivity index (χ2n) is 4.64. The highest BCUT2D eigenvalue weighted by Gasteiger charge is 2.27. The average Bonchev–Trinajstić information content (AvgIpc) is 2.01. The summed E-state index contributed by atoms with van der Waals surface area (Å²) in [5.74, 6) is 0.857. The van der Waals surface area contributed by atoms with Gasteiger partial charge in [-0.2, -0.15) is 0 Å². The van der Waals surface area contributed by atoms with Gasteiger partial charge in [0, 0.05) is 26.2 Å². The second kappa shape index (κ2) is 3.95. The summed E-state index contributed by atoms with van der Waals surface area (Å²) in [5.41, 5.74) is 0. The molecule has 3 nitrogen and oxygen atoms in total. The Morgan fingerprint density at radius 3 is 2.69 bits per heavy atom. The lowest BCUT2D eigenvalue weighted by Crippen LogP contribution is -2.51. The van der Waals surface area contributed by atoms with Crippen LogP contribution in [0.3, 0.4) is 0 Å². The van der Waals surface area contributed by atoms with E-state index in [0.29, 0.717) is 0 Å². The van der Waals surface area contributed by atoms with Crippen molar-refractivity contribution in [3.8, 4) is 0 Å². The Labute approximate surface area is 80.3 Å². The topological polar surface area (TPSA) is 26.7 Å². The first kappa shape index (κ1) is 9.44. The SMILES string of the molecule is CN1CC(CN2CCC[C@H](O)C2)C1. The molecule has 0 bridgehead atoms. The average molecular weight is 184 g/mol. The first-order valence-electron chi connectivity index (χ1n) is 5.33. The fraction of sp³-hybridized carbons (Fsp3) is 1.00. The smallest absolute Gasteiger partial charge is 0.0667 e. The van der Waals surface area contributed by atoms with Crippen LogP contribution in [-0.2, 0) is 0 Å². The van der Waals surface area contributed by atoms with Crippen LogP contribution in [-0.4, -0.2) is 60.8 Å². The number of rotatable bonds is 2. The fourth-order valence-electron chi connectivity index (χ4n) is 2.51.